The van der Waals surface area contributed by atoms with Crippen LogP contribution in [0.15, 0.2) is 71.1 Å². The van der Waals surface area contributed by atoms with Gasteiger partial charge in [0.15, 0.2) is 0 Å². The number of carbonyl (C=O) groups excluding carboxylic acids is 1. The van der Waals surface area contributed by atoms with E-state index in [0.717, 1.165) is 26.9 Å². The summed E-state index contributed by atoms with van der Waals surface area (Å²) in [4.78, 5) is 30.3. The first-order valence-electron chi connectivity index (χ1n) is 8.51. The molecule has 0 saturated heterocycles. The van der Waals surface area contributed by atoms with E-state index in [1.54, 1.807) is 0 Å². The lowest BCUT2D eigenvalue weighted by Gasteiger charge is -2.08. The van der Waals surface area contributed by atoms with Gasteiger partial charge in [0.1, 0.15) is 11.2 Å². The van der Waals surface area contributed by atoms with E-state index in [0.29, 0.717) is 10.2 Å². The van der Waals surface area contributed by atoms with Gasteiger partial charge >= 0.3 is 0 Å². The highest BCUT2D eigenvalue weighted by Gasteiger charge is 2.14. The molecule has 0 unspecified atom stereocenters. The van der Waals surface area contributed by atoms with Crippen molar-refractivity contribution in [2.45, 2.75) is 13.3 Å². The summed E-state index contributed by atoms with van der Waals surface area (Å²) >= 11 is 1.42. The second-order valence-electron chi connectivity index (χ2n) is 6.31. The van der Waals surface area contributed by atoms with Gasteiger partial charge in [-0.1, -0.05) is 60.2 Å². The van der Waals surface area contributed by atoms with Crippen LogP contribution in [-0.2, 0) is 11.2 Å². The van der Waals surface area contributed by atoms with Crippen molar-refractivity contribution in [2.24, 2.45) is 0 Å². The van der Waals surface area contributed by atoms with Crippen molar-refractivity contribution in [3.05, 3.63) is 87.8 Å². The van der Waals surface area contributed by atoms with Crippen LogP contribution in [0, 0.1) is 6.92 Å². The molecule has 0 bridgehead atoms. The summed E-state index contributed by atoms with van der Waals surface area (Å²) in [6.07, 6.45) is 1.56. The maximum absolute atomic E-state index is 12.9. The predicted octanol–water partition coefficient (Wildman–Crippen LogP) is 3.75. The van der Waals surface area contributed by atoms with E-state index in [1.807, 2.05) is 66.9 Å². The van der Waals surface area contributed by atoms with E-state index in [-0.39, 0.29) is 17.9 Å². The van der Waals surface area contributed by atoms with Gasteiger partial charge in [-0.25, -0.2) is 9.66 Å². The molecule has 1 amide bonds. The van der Waals surface area contributed by atoms with Crippen LogP contribution in [0.4, 0.5) is 0 Å². The third kappa shape index (κ3) is 3.52. The van der Waals surface area contributed by atoms with Gasteiger partial charge in [0, 0.05) is 10.9 Å². The number of benzene rings is 2. The van der Waals surface area contributed by atoms with Gasteiger partial charge in [0.25, 0.3) is 5.56 Å². The van der Waals surface area contributed by atoms with Crippen LogP contribution in [0.3, 0.4) is 0 Å². The van der Waals surface area contributed by atoms with Gasteiger partial charge in [-0.2, -0.15) is 0 Å². The van der Waals surface area contributed by atoms with Crippen LogP contribution in [0.1, 0.15) is 11.1 Å². The summed E-state index contributed by atoms with van der Waals surface area (Å²) in [5, 5.41) is 2.44. The van der Waals surface area contributed by atoms with Crippen LogP contribution in [-0.4, -0.2) is 15.6 Å². The van der Waals surface area contributed by atoms with Gasteiger partial charge in [-0.15, -0.1) is 11.3 Å². The van der Waals surface area contributed by atoms with E-state index >= 15 is 0 Å². The number of aromatic nitrogens is 2. The first-order chi connectivity index (χ1) is 13.1. The molecule has 0 radical (unpaired) electrons. The van der Waals surface area contributed by atoms with Crippen LogP contribution >= 0.6 is 11.3 Å². The number of nitrogens with zero attached hydrogens (tertiary/aromatic N) is 2. The second kappa shape index (κ2) is 7.17. The number of fused-ring (bicyclic) bond motifs is 1. The molecule has 0 fully saturated rings. The summed E-state index contributed by atoms with van der Waals surface area (Å²) in [5.41, 5.74) is 6.16. The van der Waals surface area contributed by atoms with Gasteiger partial charge in [-0.3, -0.25) is 15.0 Å². The van der Waals surface area contributed by atoms with Crippen molar-refractivity contribution in [1.82, 2.24) is 9.66 Å². The van der Waals surface area contributed by atoms with E-state index < -0.39 is 0 Å². The van der Waals surface area contributed by atoms with Crippen molar-refractivity contribution in [2.75, 3.05) is 5.43 Å². The number of rotatable bonds is 4. The van der Waals surface area contributed by atoms with Crippen molar-refractivity contribution in [3.63, 3.8) is 0 Å². The molecule has 4 rings (SSSR count). The zero-order chi connectivity index (χ0) is 18.8. The van der Waals surface area contributed by atoms with E-state index in [1.165, 1.54) is 17.7 Å². The van der Waals surface area contributed by atoms with Crippen LogP contribution in [0.5, 0.6) is 0 Å². The maximum Gasteiger partial charge on any atom is 0.281 e. The lowest BCUT2D eigenvalue weighted by molar-refractivity contribution is -0.116. The number of amides is 1. The van der Waals surface area contributed by atoms with Crippen molar-refractivity contribution in [1.29, 1.82) is 0 Å². The molecule has 27 heavy (non-hydrogen) atoms. The molecule has 0 aliphatic heterocycles. The minimum absolute atomic E-state index is 0.194. The lowest BCUT2D eigenvalue weighted by Crippen LogP contribution is -2.34. The molecular formula is C21H17N3O2S. The van der Waals surface area contributed by atoms with Crippen LogP contribution in [0.2, 0.25) is 0 Å². The average Bonchev–Trinajstić information content (AvgIpc) is 3.11. The van der Waals surface area contributed by atoms with Gasteiger partial charge in [0.05, 0.1) is 11.8 Å². The standard InChI is InChI=1S/C21H17N3O2S/c1-14-7-9-15(10-8-14)11-18(25)23-24-13-22-20-19(21(24)26)17(12-27-20)16-5-3-2-4-6-16/h2-10,12-13H,11H2,1H3,(H,23,25). The van der Waals surface area contributed by atoms with Gasteiger partial charge in [0.2, 0.25) is 5.91 Å². The largest absolute Gasteiger partial charge is 0.281 e. The summed E-state index contributed by atoms with van der Waals surface area (Å²) in [7, 11) is 0. The molecule has 2 aromatic carbocycles. The Morgan fingerprint density at radius 2 is 1.85 bits per heavy atom. The smallest absolute Gasteiger partial charge is 0.273 e. The van der Waals surface area contributed by atoms with E-state index in [9.17, 15) is 9.59 Å². The molecule has 0 aliphatic rings. The number of nitrogens with one attached hydrogen (secondary N) is 1. The van der Waals surface area contributed by atoms with Crippen molar-refractivity contribution in [3.8, 4) is 11.1 Å². The molecule has 0 spiro atoms. The Morgan fingerprint density at radius 1 is 1.11 bits per heavy atom. The normalized spacial score (nSPS) is 10.9. The quantitative estimate of drug-likeness (QED) is 0.591. The summed E-state index contributed by atoms with van der Waals surface area (Å²) in [6.45, 7) is 2.00. The zero-order valence-electron chi connectivity index (χ0n) is 14.7. The Hall–Kier alpha value is -3.25. The first-order valence-corrected chi connectivity index (χ1v) is 9.39. The number of hydrogen-bond acceptors (Lipinski definition) is 4. The fourth-order valence-electron chi connectivity index (χ4n) is 2.91. The highest BCUT2D eigenvalue weighted by atomic mass is 32.1. The van der Waals surface area contributed by atoms with Crippen LogP contribution < -0.4 is 11.0 Å². The Bertz CT molecular complexity index is 1160. The van der Waals surface area contributed by atoms with E-state index in [2.05, 4.69) is 10.4 Å². The Labute approximate surface area is 159 Å². The Balaban J connectivity index is 1.64. The molecule has 0 aliphatic carbocycles. The topological polar surface area (TPSA) is 64.0 Å². The molecule has 134 valence electrons. The fraction of sp³-hybridized carbons (Fsp3) is 0.0952. The van der Waals surface area contributed by atoms with Crippen molar-refractivity contribution < 1.29 is 4.79 Å². The number of carbonyl (C=O) groups is 1. The van der Waals surface area contributed by atoms with Gasteiger partial charge in [-0.05, 0) is 18.1 Å². The molecule has 4 aromatic rings. The van der Waals surface area contributed by atoms with Crippen molar-refractivity contribution >= 4 is 27.5 Å². The SMILES string of the molecule is Cc1ccc(CC(=O)Nn2cnc3scc(-c4ccccc4)c3c2=O)cc1. The Morgan fingerprint density at radius 3 is 2.59 bits per heavy atom. The number of aryl methyl sites for hydroxylation is 1. The maximum atomic E-state index is 12.9. The second-order valence-corrected chi connectivity index (χ2v) is 7.17. The summed E-state index contributed by atoms with van der Waals surface area (Å²) in [5.74, 6) is -0.265. The highest BCUT2D eigenvalue weighted by molar-refractivity contribution is 7.17. The molecule has 2 aromatic heterocycles. The molecular weight excluding hydrogens is 358 g/mol. The average molecular weight is 375 g/mol. The zero-order valence-corrected chi connectivity index (χ0v) is 15.5. The molecule has 5 nitrogen and oxygen atoms in total. The predicted molar refractivity (Wildman–Crippen MR) is 109 cm³/mol. The molecule has 0 saturated carbocycles. The lowest BCUT2D eigenvalue weighted by atomic mass is 10.1. The summed E-state index contributed by atoms with van der Waals surface area (Å²) in [6, 6.07) is 17.4. The minimum Gasteiger partial charge on any atom is -0.273 e. The molecule has 1 N–H and O–H groups in total. The minimum atomic E-state index is -0.280. The molecule has 2 heterocycles. The third-order valence-corrected chi connectivity index (χ3v) is 5.20. The summed E-state index contributed by atoms with van der Waals surface area (Å²) < 4.78 is 1.16. The van der Waals surface area contributed by atoms with Gasteiger partial charge < -0.3 is 0 Å². The first kappa shape index (κ1) is 17.2. The monoisotopic (exact) mass is 375 g/mol. The van der Waals surface area contributed by atoms with Crippen LogP contribution in [0.25, 0.3) is 21.3 Å². The fourth-order valence-corrected chi connectivity index (χ4v) is 3.81. The molecule has 0 atom stereocenters. The number of hydrogen-bond donors (Lipinski definition) is 1. The third-order valence-electron chi connectivity index (χ3n) is 4.31. The molecule has 6 heteroatoms. The highest BCUT2D eigenvalue weighted by Crippen LogP contribution is 2.30. The van der Waals surface area contributed by atoms with E-state index in [4.69, 9.17) is 0 Å². The Kier molecular flexibility index (Phi) is 4.56. The number of thiophene rings is 1.